The molecule has 0 aromatic heterocycles. The maximum absolute atomic E-state index is 6.04. The van der Waals surface area contributed by atoms with Gasteiger partial charge in [0, 0.05) is 22.2 Å². The van der Waals surface area contributed by atoms with E-state index >= 15 is 0 Å². The molecular weight excluding hydrogens is 250 g/mol. The number of thioether (sulfide) groups is 1. The normalized spacial score (nSPS) is 16.6. The Labute approximate surface area is 113 Å². The second-order valence-corrected chi connectivity index (χ2v) is 6.24. The van der Waals surface area contributed by atoms with Crippen LogP contribution in [0.2, 0.25) is 5.02 Å². The second kappa shape index (κ2) is 6.67. The van der Waals surface area contributed by atoms with Crippen LogP contribution in [0, 0.1) is 5.92 Å². The number of benzene rings is 1. The van der Waals surface area contributed by atoms with E-state index in [9.17, 15) is 0 Å². The van der Waals surface area contributed by atoms with Crippen LogP contribution in [0.25, 0.3) is 0 Å². The van der Waals surface area contributed by atoms with Crippen molar-refractivity contribution in [1.82, 2.24) is 5.32 Å². The lowest BCUT2D eigenvalue weighted by atomic mass is 10.1. The number of halogens is 1. The molecule has 0 aliphatic heterocycles. The summed E-state index contributed by atoms with van der Waals surface area (Å²) in [6, 6.07) is 6.24. The van der Waals surface area contributed by atoms with E-state index in [-0.39, 0.29) is 0 Å². The molecule has 1 aliphatic carbocycles. The fourth-order valence-electron chi connectivity index (χ4n) is 2.40. The lowest BCUT2D eigenvalue weighted by Gasteiger charge is -2.12. The minimum Gasteiger partial charge on any atom is -0.316 e. The monoisotopic (exact) mass is 269 g/mol. The highest BCUT2D eigenvalue weighted by Crippen LogP contribution is 2.33. The minimum atomic E-state index is 0.834. The third-order valence-corrected chi connectivity index (χ3v) is 4.92. The van der Waals surface area contributed by atoms with E-state index in [0.29, 0.717) is 0 Å². The van der Waals surface area contributed by atoms with Crippen molar-refractivity contribution in [2.45, 2.75) is 37.1 Å². The summed E-state index contributed by atoms with van der Waals surface area (Å²) in [4.78, 5) is 1.38. The van der Waals surface area contributed by atoms with Crippen molar-refractivity contribution in [3.63, 3.8) is 0 Å². The van der Waals surface area contributed by atoms with Gasteiger partial charge in [0.05, 0.1) is 0 Å². The van der Waals surface area contributed by atoms with Crippen LogP contribution in [0.15, 0.2) is 23.1 Å². The van der Waals surface area contributed by atoms with E-state index in [1.165, 1.54) is 41.9 Å². The Hall–Kier alpha value is -0.180. The van der Waals surface area contributed by atoms with Crippen molar-refractivity contribution in [3.05, 3.63) is 28.8 Å². The van der Waals surface area contributed by atoms with Crippen LogP contribution in [-0.4, -0.2) is 12.8 Å². The van der Waals surface area contributed by atoms with Gasteiger partial charge in [0.2, 0.25) is 0 Å². The molecule has 94 valence electrons. The molecule has 1 nitrogen and oxygen atoms in total. The van der Waals surface area contributed by atoms with Gasteiger partial charge in [-0.25, -0.2) is 0 Å². The highest BCUT2D eigenvalue weighted by atomic mass is 35.5. The van der Waals surface area contributed by atoms with Crippen LogP contribution in [0.5, 0.6) is 0 Å². The Kier molecular flexibility index (Phi) is 5.20. The van der Waals surface area contributed by atoms with Crippen molar-refractivity contribution < 1.29 is 0 Å². The van der Waals surface area contributed by atoms with Crippen molar-refractivity contribution in [3.8, 4) is 0 Å². The van der Waals surface area contributed by atoms with Crippen LogP contribution >= 0.6 is 23.4 Å². The van der Waals surface area contributed by atoms with Crippen molar-refractivity contribution >= 4 is 23.4 Å². The zero-order chi connectivity index (χ0) is 12.1. The van der Waals surface area contributed by atoms with Gasteiger partial charge in [-0.15, -0.1) is 11.8 Å². The van der Waals surface area contributed by atoms with E-state index in [4.69, 9.17) is 11.6 Å². The Morgan fingerprint density at radius 1 is 1.35 bits per heavy atom. The standard InChI is InChI=1S/C14H20ClNS/c1-16-9-12-8-13(15)6-7-14(12)17-10-11-4-2-3-5-11/h6-8,11,16H,2-5,9-10H2,1H3. The van der Waals surface area contributed by atoms with Crippen LogP contribution in [0.3, 0.4) is 0 Å². The fraction of sp³-hybridized carbons (Fsp3) is 0.571. The Morgan fingerprint density at radius 3 is 2.82 bits per heavy atom. The molecule has 0 saturated heterocycles. The number of rotatable bonds is 5. The molecule has 0 amide bonds. The van der Waals surface area contributed by atoms with Crippen molar-refractivity contribution in [2.75, 3.05) is 12.8 Å². The molecule has 1 aromatic rings. The Morgan fingerprint density at radius 2 is 2.12 bits per heavy atom. The van der Waals surface area contributed by atoms with E-state index < -0.39 is 0 Å². The molecule has 0 unspecified atom stereocenters. The maximum atomic E-state index is 6.04. The first kappa shape index (κ1) is 13.3. The molecule has 1 N–H and O–H groups in total. The first-order valence-corrected chi connectivity index (χ1v) is 7.72. The van der Waals surface area contributed by atoms with Crippen LogP contribution < -0.4 is 5.32 Å². The van der Waals surface area contributed by atoms with Crippen LogP contribution in [0.4, 0.5) is 0 Å². The van der Waals surface area contributed by atoms with Gasteiger partial charge in [0.1, 0.15) is 0 Å². The molecule has 0 spiro atoms. The third-order valence-electron chi connectivity index (χ3n) is 3.34. The topological polar surface area (TPSA) is 12.0 Å². The van der Waals surface area contributed by atoms with Gasteiger partial charge in [-0.1, -0.05) is 24.4 Å². The Bertz CT molecular complexity index is 361. The first-order chi connectivity index (χ1) is 8.29. The fourth-order valence-corrected chi connectivity index (χ4v) is 3.83. The molecule has 17 heavy (non-hydrogen) atoms. The smallest absolute Gasteiger partial charge is 0.0410 e. The molecule has 1 fully saturated rings. The molecule has 0 atom stereocenters. The lowest BCUT2D eigenvalue weighted by molar-refractivity contribution is 0.623. The first-order valence-electron chi connectivity index (χ1n) is 6.35. The van der Waals surface area contributed by atoms with Crippen LogP contribution in [-0.2, 0) is 6.54 Å². The third kappa shape index (κ3) is 3.90. The molecule has 2 rings (SSSR count). The summed E-state index contributed by atoms with van der Waals surface area (Å²) in [7, 11) is 1.98. The Balaban J connectivity index is 1.98. The second-order valence-electron chi connectivity index (χ2n) is 4.74. The molecule has 1 saturated carbocycles. The number of nitrogens with one attached hydrogen (secondary N) is 1. The summed E-state index contributed by atoms with van der Waals surface area (Å²) in [6.07, 6.45) is 5.69. The predicted molar refractivity (Wildman–Crippen MR) is 76.9 cm³/mol. The van der Waals surface area contributed by atoms with Crippen molar-refractivity contribution in [2.24, 2.45) is 5.92 Å². The van der Waals surface area contributed by atoms with E-state index in [1.54, 1.807) is 0 Å². The molecule has 1 aliphatic rings. The molecular formula is C14H20ClNS. The van der Waals surface area contributed by atoms with Gasteiger partial charge in [0.15, 0.2) is 0 Å². The zero-order valence-corrected chi connectivity index (χ0v) is 11.9. The summed E-state index contributed by atoms with van der Waals surface area (Å²) in [5.41, 5.74) is 1.32. The number of hydrogen-bond acceptors (Lipinski definition) is 2. The SMILES string of the molecule is CNCc1cc(Cl)ccc1SCC1CCCC1. The summed E-state index contributed by atoms with van der Waals surface area (Å²) < 4.78 is 0. The summed E-state index contributed by atoms with van der Waals surface area (Å²) in [5, 5.41) is 4.04. The highest BCUT2D eigenvalue weighted by Gasteiger charge is 2.15. The lowest BCUT2D eigenvalue weighted by Crippen LogP contribution is -2.06. The van der Waals surface area contributed by atoms with Gasteiger partial charge in [0.25, 0.3) is 0 Å². The van der Waals surface area contributed by atoms with Gasteiger partial charge in [-0.05, 0) is 49.6 Å². The largest absolute Gasteiger partial charge is 0.316 e. The molecule has 0 radical (unpaired) electrons. The van der Waals surface area contributed by atoms with Gasteiger partial charge < -0.3 is 5.32 Å². The van der Waals surface area contributed by atoms with Crippen molar-refractivity contribution in [1.29, 1.82) is 0 Å². The quantitative estimate of drug-likeness (QED) is 0.798. The van der Waals surface area contributed by atoms with Gasteiger partial charge in [-0.2, -0.15) is 0 Å². The predicted octanol–water partition coefficient (Wildman–Crippen LogP) is 4.34. The molecule has 0 heterocycles. The van der Waals surface area contributed by atoms with Crippen LogP contribution in [0.1, 0.15) is 31.2 Å². The maximum Gasteiger partial charge on any atom is 0.0410 e. The summed E-state index contributed by atoms with van der Waals surface area (Å²) in [6.45, 7) is 0.896. The highest BCUT2D eigenvalue weighted by molar-refractivity contribution is 7.99. The average molecular weight is 270 g/mol. The average Bonchev–Trinajstić information content (AvgIpc) is 2.81. The number of hydrogen-bond donors (Lipinski definition) is 1. The molecule has 1 aromatic carbocycles. The van der Waals surface area contributed by atoms with E-state index in [2.05, 4.69) is 17.4 Å². The summed E-state index contributed by atoms with van der Waals surface area (Å²) >= 11 is 8.04. The van der Waals surface area contributed by atoms with Gasteiger partial charge >= 0.3 is 0 Å². The van der Waals surface area contributed by atoms with E-state index in [1.807, 2.05) is 24.9 Å². The zero-order valence-electron chi connectivity index (χ0n) is 10.3. The molecule has 3 heteroatoms. The summed E-state index contributed by atoms with van der Waals surface area (Å²) in [5.74, 6) is 2.19. The molecule has 0 bridgehead atoms. The van der Waals surface area contributed by atoms with E-state index in [0.717, 1.165) is 17.5 Å². The van der Waals surface area contributed by atoms with Gasteiger partial charge in [-0.3, -0.25) is 0 Å². The minimum absolute atomic E-state index is 0.834.